The highest BCUT2D eigenvalue weighted by Crippen LogP contribution is 2.15. The Balaban J connectivity index is 2.05. The molecule has 0 aromatic carbocycles. The highest BCUT2D eigenvalue weighted by molar-refractivity contribution is 9.10. The zero-order valence-corrected chi connectivity index (χ0v) is 10.8. The number of nitrogens with one attached hydrogen (secondary N) is 1. The molecule has 0 spiro atoms. The second-order valence-corrected chi connectivity index (χ2v) is 6.28. The molecule has 0 saturated carbocycles. The number of pyridine rings is 1. The number of hydrogen-bond acceptors (Lipinski definition) is 4. The van der Waals surface area contributed by atoms with Crippen molar-refractivity contribution in [3.63, 3.8) is 0 Å². The number of hydrogen-bond donors (Lipinski definition) is 1. The van der Waals surface area contributed by atoms with Crippen LogP contribution in [0.25, 0.3) is 0 Å². The molecule has 0 radical (unpaired) electrons. The van der Waals surface area contributed by atoms with E-state index in [-0.39, 0.29) is 10.8 Å². The lowest BCUT2D eigenvalue weighted by molar-refractivity contribution is -0.0283. The Morgan fingerprint density at radius 3 is 2.81 bits per heavy atom. The second kappa shape index (κ2) is 4.79. The molecule has 1 fully saturated rings. The van der Waals surface area contributed by atoms with Crippen LogP contribution < -0.4 is 4.72 Å². The summed E-state index contributed by atoms with van der Waals surface area (Å²) >= 11 is 3.18. The van der Waals surface area contributed by atoms with Crippen molar-refractivity contribution in [3.8, 4) is 0 Å². The van der Waals surface area contributed by atoms with E-state index in [1.807, 2.05) is 0 Å². The van der Waals surface area contributed by atoms with Crippen LogP contribution in [-0.2, 0) is 14.8 Å². The van der Waals surface area contributed by atoms with Gasteiger partial charge in [-0.2, -0.15) is 0 Å². The normalized spacial score (nSPS) is 17.1. The minimum atomic E-state index is -3.45. The molecule has 0 atom stereocenters. The monoisotopic (exact) mass is 306 g/mol. The van der Waals surface area contributed by atoms with Crippen molar-refractivity contribution in [2.45, 2.75) is 4.90 Å². The number of ether oxygens (including phenoxy) is 1. The molecule has 1 aromatic heterocycles. The van der Waals surface area contributed by atoms with Gasteiger partial charge in [-0.05, 0) is 22.0 Å². The Bertz CT molecular complexity index is 473. The highest BCUT2D eigenvalue weighted by atomic mass is 79.9. The molecule has 0 amide bonds. The second-order valence-electron chi connectivity index (χ2n) is 3.59. The Morgan fingerprint density at radius 1 is 1.50 bits per heavy atom. The van der Waals surface area contributed by atoms with Crippen molar-refractivity contribution in [2.75, 3.05) is 19.8 Å². The molecular formula is C9H11BrN2O3S. The van der Waals surface area contributed by atoms with Gasteiger partial charge in [-0.15, -0.1) is 0 Å². The van der Waals surface area contributed by atoms with E-state index in [0.29, 0.717) is 24.2 Å². The molecule has 1 saturated heterocycles. The van der Waals surface area contributed by atoms with Gasteiger partial charge in [-0.1, -0.05) is 0 Å². The van der Waals surface area contributed by atoms with E-state index in [1.54, 1.807) is 6.20 Å². The molecule has 1 aromatic rings. The standard InChI is InChI=1S/C9H11BrN2O3S/c10-8-1-9(4-11-3-8)16(13,14)12-2-7-5-15-6-7/h1,3-4,7,12H,2,5-6H2. The Labute approximate surface area is 102 Å². The summed E-state index contributed by atoms with van der Waals surface area (Å²) in [5.41, 5.74) is 0. The van der Waals surface area contributed by atoms with Crippen LogP contribution in [0.15, 0.2) is 27.8 Å². The summed E-state index contributed by atoms with van der Waals surface area (Å²) in [6.45, 7) is 1.66. The first kappa shape index (κ1) is 12.0. The summed E-state index contributed by atoms with van der Waals surface area (Å²) < 4.78 is 31.8. The van der Waals surface area contributed by atoms with Gasteiger partial charge in [0.2, 0.25) is 10.0 Å². The Kier molecular flexibility index (Phi) is 3.58. The topological polar surface area (TPSA) is 68.3 Å². The molecule has 2 rings (SSSR count). The third-order valence-corrected chi connectivity index (χ3v) is 4.08. The van der Waals surface area contributed by atoms with Crippen LogP contribution in [0, 0.1) is 5.92 Å². The number of nitrogens with zero attached hydrogens (tertiary/aromatic N) is 1. The maximum Gasteiger partial charge on any atom is 0.242 e. The van der Waals surface area contributed by atoms with Crippen molar-refractivity contribution >= 4 is 26.0 Å². The maximum atomic E-state index is 11.8. The molecule has 1 aliphatic rings. The lowest BCUT2D eigenvalue weighted by Gasteiger charge is -2.25. The number of rotatable bonds is 4. The van der Waals surface area contributed by atoms with Crippen LogP contribution in [0.3, 0.4) is 0 Å². The van der Waals surface area contributed by atoms with Gasteiger partial charge in [0, 0.05) is 29.3 Å². The molecule has 1 aliphatic heterocycles. The predicted molar refractivity (Wildman–Crippen MR) is 61.4 cm³/mol. The lowest BCUT2D eigenvalue weighted by Crippen LogP contribution is -2.39. The third-order valence-electron chi connectivity index (χ3n) is 2.26. The van der Waals surface area contributed by atoms with E-state index >= 15 is 0 Å². The first-order chi connectivity index (χ1) is 7.58. The molecule has 7 heteroatoms. The minimum absolute atomic E-state index is 0.169. The summed E-state index contributed by atoms with van der Waals surface area (Å²) in [5, 5.41) is 0. The molecular weight excluding hydrogens is 296 g/mol. The average Bonchev–Trinajstić information content (AvgIpc) is 2.15. The zero-order valence-electron chi connectivity index (χ0n) is 8.39. The van der Waals surface area contributed by atoms with Crippen molar-refractivity contribution in [3.05, 3.63) is 22.9 Å². The fourth-order valence-corrected chi connectivity index (χ4v) is 2.87. The fourth-order valence-electron chi connectivity index (χ4n) is 1.25. The van der Waals surface area contributed by atoms with Gasteiger partial charge in [0.15, 0.2) is 0 Å². The largest absolute Gasteiger partial charge is 0.381 e. The molecule has 16 heavy (non-hydrogen) atoms. The first-order valence-corrected chi connectivity index (χ1v) is 7.03. The third kappa shape index (κ3) is 2.79. The van der Waals surface area contributed by atoms with Crippen LogP contribution >= 0.6 is 15.9 Å². The van der Waals surface area contributed by atoms with Gasteiger partial charge in [0.05, 0.1) is 13.2 Å². The summed E-state index contributed by atoms with van der Waals surface area (Å²) in [5.74, 6) is 0.287. The van der Waals surface area contributed by atoms with Gasteiger partial charge in [-0.25, -0.2) is 13.1 Å². The molecule has 0 unspecified atom stereocenters. The van der Waals surface area contributed by atoms with E-state index in [4.69, 9.17) is 4.74 Å². The quantitative estimate of drug-likeness (QED) is 0.892. The van der Waals surface area contributed by atoms with Crippen molar-refractivity contribution in [2.24, 2.45) is 5.92 Å². The minimum Gasteiger partial charge on any atom is -0.381 e. The molecule has 88 valence electrons. The van der Waals surface area contributed by atoms with E-state index in [9.17, 15) is 8.42 Å². The average molecular weight is 307 g/mol. The van der Waals surface area contributed by atoms with Gasteiger partial charge >= 0.3 is 0 Å². The molecule has 0 bridgehead atoms. The van der Waals surface area contributed by atoms with Gasteiger partial charge in [0.25, 0.3) is 0 Å². The predicted octanol–water partition coefficient (Wildman–Crippen LogP) is 0.769. The summed E-state index contributed by atoms with van der Waals surface area (Å²) in [6, 6.07) is 1.52. The summed E-state index contributed by atoms with van der Waals surface area (Å²) in [7, 11) is -3.45. The van der Waals surface area contributed by atoms with Gasteiger partial charge in [0.1, 0.15) is 4.90 Å². The maximum absolute atomic E-state index is 11.8. The lowest BCUT2D eigenvalue weighted by atomic mass is 10.1. The van der Waals surface area contributed by atoms with Crippen molar-refractivity contribution in [1.82, 2.24) is 9.71 Å². The molecule has 2 heterocycles. The number of halogens is 1. The van der Waals surface area contributed by atoms with Crippen LogP contribution in [0.5, 0.6) is 0 Å². The SMILES string of the molecule is O=S(=O)(NCC1COC1)c1cncc(Br)c1. The summed E-state index contributed by atoms with van der Waals surface area (Å²) in [4.78, 5) is 3.99. The fraction of sp³-hybridized carbons (Fsp3) is 0.444. The van der Waals surface area contributed by atoms with Crippen LogP contribution in [0.2, 0.25) is 0 Å². The van der Waals surface area contributed by atoms with E-state index in [1.165, 1.54) is 12.3 Å². The molecule has 5 nitrogen and oxygen atoms in total. The van der Waals surface area contributed by atoms with Crippen LogP contribution in [-0.4, -0.2) is 33.2 Å². The van der Waals surface area contributed by atoms with E-state index in [2.05, 4.69) is 25.6 Å². The zero-order chi connectivity index (χ0) is 11.6. The van der Waals surface area contributed by atoms with Crippen molar-refractivity contribution < 1.29 is 13.2 Å². The van der Waals surface area contributed by atoms with Crippen LogP contribution in [0.1, 0.15) is 0 Å². The van der Waals surface area contributed by atoms with E-state index in [0.717, 1.165) is 0 Å². The Hall–Kier alpha value is -0.500. The molecule has 0 aliphatic carbocycles. The van der Waals surface area contributed by atoms with Gasteiger partial charge in [-0.3, -0.25) is 4.98 Å². The highest BCUT2D eigenvalue weighted by Gasteiger charge is 2.22. The number of aromatic nitrogens is 1. The smallest absolute Gasteiger partial charge is 0.242 e. The van der Waals surface area contributed by atoms with Crippen molar-refractivity contribution in [1.29, 1.82) is 0 Å². The van der Waals surface area contributed by atoms with Gasteiger partial charge < -0.3 is 4.74 Å². The first-order valence-electron chi connectivity index (χ1n) is 4.76. The van der Waals surface area contributed by atoms with E-state index < -0.39 is 10.0 Å². The van der Waals surface area contributed by atoms with Crippen LogP contribution in [0.4, 0.5) is 0 Å². The summed E-state index contributed by atoms with van der Waals surface area (Å²) in [6.07, 6.45) is 2.86. The Morgan fingerprint density at radius 2 is 2.25 bits per heavy atom. The molecule has 1 N–H and O–H groups in total. The number of sulfonamides is 1.